The maximum absolute atomic E-state index is 5.16. The van der Waals surface area contributed by atoms with Crippen LogP contribution in [0.2, 0.25) is 0 Å². The lowest BCUT2D eigenvalue weighted by Gasteiger charge is -2.39. The minimum atomic E-state index is 0. The van der Waals surface area contributed by atoms with E-state index in [2.05, 4.69) is 36.5 Å². The van der Waals surface area contributed by atoms with Gasteiger partial charge in [0, 0.05) is 6.54 Å². The molecule has 0 saturated carbocycles. The van der Waals surface area contributed by atoms with E-state index in [1.807, 2.05) is 6.07 Å². The van der Waals surface area contributed by atoms with E-state index in [-0.39, 0.29) is 11.7 Å². The average Bonchev–Trinajstić information content (AvgIpc) is 2.13. The molecule has 1 aliphatic rings. The Kier molecular flexibility index (Phi) is 3.63. The first-order valence-electron chi connectivity index (χ1n) is 4.65. The quantitative estimate of drug-likeness (QED) is 0.770. The van der Waals surface area contributed by atoms with E-state index < -0.39 is 0 Å². The first-order chi connectivity index (χ1) is 6.29. The molecule has 1 aromatic carbocycles. The van der Waals surface area contributed by atoms with Crippen molar-refractivity contribution in [1.82, 2.24) is 11.5 Å². The summed E-state index contributed by atoms with van der Waals surface area (Å²) in [6.07, 6.45) is 0. The molecule has 1 aromatic rings. The Morgan fingerprint density at radius 2 is 1.93 bits per heavy atom. The molecule has 4 N–H and O–H groups in total. The molecule has 14 heavy (non-hydrogen) atoms. The molecule has 0 bridgehead atoms. The predicted molar refractivity (Wildman–Crippen MR) is 57.5 cm³/mol. The lowest BCUT2D eigenvalue weighted by molar-refractivity contribution is -0.0649. The highest BCUT2D eigenvalue weighted by Gasteiger charge is 2.32. The van der Waals surface area contributed by atoms with E-state index in [0.29, 0.717) is 0 Å². The van der Waals surface area contributed by atoms with Crippen LogP contribution in [0.5, 0.6) is 0 Å². The van der Waals surface area contributed by atoms with Crippen molar-refractivity contribution in [3.05, 3.63) is 35.9 Å². The molecule has 0 amide bonds. The highest BCUT2D eigenvalue weighted by molar-refractivity contribution is 5.14. The molecule has 2 rings (SSSR count). The van der Waals surface area contributed by atoms with Crippen LogP contribution in [0.25, 0.3) is 0 Å². The van der Waals surface area contributed by atoms with Gasteiger partial charge in [-0.2, -0.15) is 0 Å². The Bertz CT molecular complexity index is 270. The minimum absolute atomic E-state index is 0. The van der Waals surface area contributed by atoms with Gasteiger partial charge in [0.1, 0.15) is 0 Å². The minimum Gasteiger partial charge on any atom is -0.377 e. The molecule has 3 nitrogen and oxygen atoms in total. The lowest BCUT2D eigenvalue weighted by Crippen LogP contribution is -2.57. The monoisotopic (exact) mass is 194 g/mol. The van der Waals surface area contributed by atoms with Crippen LogP contribution in [-0.4, -0.2) is 18.8 Å². The van der Waals surface area contributed by atoms with Crippen molar-refractivity contribution in [1.29, 1.82) is 0 Å². The maximum Gasteiger partial charge on any atom is 0.0669 e. The zero-order chi connectivity index (χ0) is 9.15. The standard InChI is InChI=1S/C11H15NO.H3N/c1-11(8-13-9-11)12-7-10-5-3-2-4-6-10;/h2-6,12H,7-9H2,1H3;1H3. The molecule has 1 aliphatic heterocycles. The summed E-state index contributed by atoms with van der Waals surface area (Å²) < 4.78 is 5.16. The Morgan fingerprint density at radius 3 is 2.43 bits per heavy atom. The van der Waals surface area contributed by atoms with Crippen molar-refractivity contribution in [2.75, 3.05) is 13.2 Å². The summed E-state index contributed by atoms with van der Waals surface area (Å²) in [5, 5.41) is 3.49. The highest BCUT2D eigenvalue weighted by Crippen LogP contribution is 2.16. The molecule has 1 heterocycles. The zero-order valence-corrected chi connectivity index (χ0v) is 8.62. The SMILES string of the molecule is CC1(NCc2ccccc2)COC1.N. The number of benzene rings is 1. The largest absolute Gasteiger partial charge is 0.377 e. The van der Waals surface area contributed by atoms with Crippen molar-refractivity contribution in [3.8, 4) is 0 Å². The summed E-state index contributed by atoms with van der Waals surface area (Å²) in [5.74, 6) is 0. The zero-order valence-electron chi connectivity index (χ0n) is 8.62. The van der Waals surface area contributed by atoms with Crippen molar-refractivity contribution in [2.24, 2.45) is 0 Å². The fraction of sp³-hybridized carbons (Fsp3) is 0.455. The second-order valence-electron chi connectivity index (χ2n) is 3.89. The van der Waals surface area contributed by atoms with Gasteiger partial charge in [0.15, 0.2) is 0 Å². The Hall–Kier alpha value is -0.900. The second-order valence-corrected chi connectivity index (χ2v) is 3.89. The molecule has 0 aromatic heterocycles. The van der Waals surface area contributed by atoms with Crippen LogP contribution < -0.4 is 11.5 Å². The highest BCUT2D eigenvalue weighted by atomic mass is 16.5. The van der Waals surface area contributed by atoms with Crippen LogP contribution in [0.3, 0.4) is 0 Å². The van der Waals surface area contributed by atoms with Crippen LogP contribution in [0.4, 0.5) is 0 Å². The molecule has 0 spiro atoms. The molecule has 1 saturated heterocycles. The maximum atomic E-state index is 5.16. The van der Waals surface area contributed by atoms with Crippen molar-refractivity contribution in [3.63, 3.8) is 0 Å². The Balaban J connectivity index is 0.000000980. The van der Waals surface area contributed by atoms with E-state index in [1.165, 1.54) is 5.56 Å². The fourth-order valence-corrected chi connectivity index (χ4v) is 1.42. The molecular weight excluding hydrogens is 176 g/mol. The summed E-state index contributed by atoms with van der Waals surface area (Å²) in [6.45, 7) is 4.79. The van der Waals surface area contributed by atoms with Gasteiger partial charge in [-0.15, -0.1) is 0 Å². The van der Waals surface area contributed by atoms with E-state index in [4.69, 9.17) is 4.74 Å². The van der Waals surface area contributed by atoms with Gasteiger partial charge in [-0.05, 0) is 12.5 Å². The van der Waals surface area contributed by atoms with Gasteiger partial charge < -0.3 is 16.2 Å². The third kappa shape index (κ3) is 2.54. The fourth-order valence-electron chi connectivity index (χ4n) is 1.42. The molecule has 0 atom stereocenters. The smallest absolute Gasteiger partial charge is 0.0669 e. The number of ether oxygens (including phenoxy) is 1. The van der Waals surface area contributed by atoms with Crippen LogP contribution in [0.15, 0.2) is 30.3 Å². The van der Waals surface area contributed by atoms with Gasteiger partial charge in [-0.1, -0.05) is 30.3 Å². The Morgan fingerprint density at radius 1 is 1.29 bits per heavy atom. The van der Waals surface area contributed by atoms with Crippen molar-refractivity contribution >= 4 is 0 Å². The summed E-state index contributed by atoms with van der Waals surface area (Å²) in [5.41, 5.74) is 1.53. The van der Waals surface area contributed by atoms with Gasteiger partial charge in [0.2, 0.25) is 0 Å². The summed E-state index contributed by atoms with van der Waals surface area (Å²) in [4.78, 5) is 0. The van der Waals surface area contributed by atoms with Crippen molar-refractivity contribution in [2.45, 2.75) is 19.0 Å². The number of hydrogen-bond acceptors (Lipinski definition) is 3. The predicted octanol–water partition coefficient (Wildman–Crippen LogP) is 1.73. The van der Waals surface area contributed by atoms with Crippen LogP contribution in [0.1, 0.15) is 12.5 Å². The third-order valence-electron chi connectivity index (χ3n) is 2.40. The molecule has 3 heteroatoms. The molecule has 78 valence electrons. The van der Waals surface area contributed by atoms with Gasteiger partial charge in [-0.3, -0.25) is 0 Å². The topological polar surface area (TPSA) is 56.3 Å². The van der Waals surface area contributed by atoms with Crippen LogP contribution in [-0.2, 0) is 11.3 Å². The van der Waals surface area contributed by atoms with Crippen LogP contribution in [0, 0.1) is 0 Å². The molecular formula is C11H18N2O. The number of hydrogen-bond donors (Lipinski definition) is 2. The summed E-state index contributed by atoms with van der Waals surface area (Å²) in [6, 6.07) is 10.4. The van der Waals surface area contributed by atoms with Crippen molar-refractivity contribution < 1.29 is 4.74 Å². The van der Waals surface area contributed by atoms with Crippen LogP contribution >= 0.6 is 0 Å². The van der Waals surface area contributed by atoms with Gasteiger partial charge in [0.05, 0.1) is 18.8 Å². The lowest BCUT2D eigenvalue weighted by atomic mass is 10.0. The second kappa shape index (κ2) is 4.55. The summed E-state index contributed by atoms with van der Waals surface area (Å²) >= 11 is 0. The van der Waals surface area contributed by atoms with E-state index >= 15 is 0 Å². The average molecular weight is 194 g/mol. The number of rotatable bonds is 3. The molecule has 1 fully saturated rings. The Labute approximate surface area is 85.0 Å². The molecule has 0 unspecified atom stereocenters. The molecule has 0 aliphatic carbocycles. The first-order valence-corrected chi connectivity index (χ1v) is 4.65. The first kappa shape index (κ1) is 11.2. The van der Waals surface area contributed by atoms with E-state index in [1.54, 1.807) is 0 Å². The third-order valence-corrected chi connectivity index (χ3v) is 2.40. The van der Waals surface area contributed by atoms with Gasteiger partial charge in [-0.25, -0.2) is 0 Å². The normalized spacial score (nSPS) is 18.1. The van der Waals surface area contributed by atoms with E-state index in [0.717, 1.165) is 19.8 Å². The van der Waals surface area contributed by atoms with E-state index in [9.17, 15) is 0 Å². The summed E-state index contributed by atoms with van der Waals surface area (Å²) in [7, 11) is 0. The molecule has 0 radical (unpaired) electrons. The van der Waals surface area contributed by atoms with Gasteiger partial charge in [0.25, 0.3) is 0 Å². The van der Waals surface area contributed by atoms with Gasteiger partial charge >= 0.3 is 0 Å². The number of nitrogens with one attached hydrogen (secondary N) is 1.